The van der Waals surface area contributed by atoms with Crippen molar-refractivity contribution in [2.24, 2.45) is 0 Å². The summed E-state index contributed by atoms with van der Waals surface area (Å²) in [6, 6.07) is 9.07. The Bertz CT molecular complexity index is 647. The van der Waals surface area contributed by atoms with Crippen LogP contribution in [0.2, 0.25) is 0 Å². The van der Waals surface area contributed by atoms with Gasteiger partial charge in [0.2, 0.25) is 0 Å². The number of carbonyl (C=O) groups excluding carboxylic acids is 1. The van der Waals surface area contributed by atoms with E-state index in [4.69, 9.17) is 5.73 Å². The van der Waals surface area contributed by atoms with Crippen molar-refractivity contribution in [2.75, 3.05) is 11.1 Å². The number of carbonyl (C=O) groups is 1. The Morgan fingerprint density at radius 1 is 1.16 bits per heavy atom. The van der Waals surface area contributed by atoms with Crippen LogP contribution in [0.25, 0.3) is 0 Å². The van der Waals surface area contributed by atoms with E-state index in [9.17, 15) is 9.18 Å². The zero-order chi connectivity index (χ0) is 14.0. The van der Waals surface area contributed by atoms with Gasteiger partial charge in [-0.05, 0) is 52.3 Å². The number of nitrogens with one attached hydrogen (secondary N) is 1. The fourth-order valence-corrected chi connectivity index (χ4v) is 2.30. The van der Waals surface area contributed by atoms with E-state index in [2.05, 4.69) is 37.2 Å². The Morgan fingerprint density at radius 3 is 2.58 bits per heavy atom. The van der Waals surface area contributed by atoms with Crippen LogP contribution in [-0.4, -0.2) is 5.91 Å². The predicted octanol–water partition coefficient (Wildman–Crippen LogP) is 4.19. The van der Waals surface area contributed by atoms with Gasteiger partial charge in [0.1, 0.15) is 5.82 Å². The minimum Gasteiger partial charge on any atom is -0.397 e. The molecule has 2 aromatic rings. The molecule has 0 heterocycles. The van der Waals surface area contributed by atoms with Gasteiger partial charge in [-0.15, -0.1) is 0 Å². The van der Waals surface area contributed by atoms with Crippen molar-refractivity contribution in [1.29, 1.82) is 0 Å². The van der Waals surface area contributed by atoms with Crippen LogP contribution in [0.5, 0.6) is 0 Å². The fourth-order valence-electron chi connectivity index (χ4n) is 1.51. The van der Waals surface area contributed by atoms with E-state index in [1.165, 1.54) is 12.1 Å². The van der Waals surface area contributed by atoms with Crippen LogP contribution < -0.4 is 11.1 Å². The molecule has 0 saturated heterocycles. The van der Waals surface area contributed by atoms with Gasteiger partial charge in [0.25, 0.3) is 5.91 Å². The zero-order valence-electron chi connectivity index (χ0n) is 9.58. The van der Waals surface area contributed by atoms with Gasteiger partial charge < -0.3 is 11.1 Å². The average molecular weight is 388 g/mol. The molecule has 0 atom stereocenters. The molecule has 0 aliphatic heterocycles. The third-order valence-corrected chi connectivity index (χ3v) is 3.62. The highest BCUT2D eigenvalue weighted by Gasteiger charge is 2.12. The van der Waals surface area contributed by atoms with E-state index in [-0.39, 0.29) is 11.6 Å². The lowest BCUT2D eigenvalue weighted by Crippen LogP contribution is -2.14. The summed E-state index contributed by atoms with van der Waals surface area (Å²) in [4.78, 5) is 12.1. The number of amides is 1. The van der Waals surface area contributed by atoms with Crippen molar-refractivity contribution in [3.8, 4) is 0 Å². The standard InChI is InChI=1S/C13H9Br2FN2O/c14-7-1-3-10(15)9(5-7)13(19)18-12-4-2-8(16)6-11(12)17/h1-6H,17H2,(H,18,19). The minimum absolute atomic E-state index is 0.180. The summed E-state index contributed by atoms with van der Waals surface area (Å²) in [6.07, 6.45) is 0. The molecule has 0 radical (unpaired) electrons. The Labute approximate surface area is 126 Å². The molecule has 0 aliphatic rings. The summed E-state index contributed by atoms with van der Waals surface area (Å²) in [5, 5.41) is 2.64. The van der Waals surface area contributed by atoms with Gasteiger partial charge in [-0.25, -0.2) is 4.39 Å². The average Bonchev–Trinajstić information content (AvgIpc) is 2.35. The summed E-state index contributed by atoms with van der Waals surface area (Å²) < 4.78 is 14.4. The predicted molar refractivity (Wildman–Crippen MR) is 80.6 cm³/mol. The molecule has 3 nitrogen and oxygen atoms in total. The molecule has 0 bridgehead atoms. The molecule has 2 rings (SSSR count). The van der Waals surface area contributed by atoms with Crippen LogP contribution in [0.4, 0.5) is 15.8 Å². The summed E-state index contributed by atoms with van der Waals surface area (Å²) in [6.45, 7) is 0. The molecule has 0 aromatic heterocycles. The van der Waals surface area contributed by atoms with Crippen molar-refractivity contribution < 1.29 is 9.18 Å². The van der Waals surface area contributed by atoms with Crippen LogP contribution in [0, 0.1) is 5.82 Å². The smallest absolute Gasteiger partial charge is 0.256 e. The normalized spacial score (nSPS) is 10.3. The monoisotopic (exact) mass is 386 g/mol. The fraction of sp³-hybridized carbons (Fsp3) is 0. The quantitative estimate of drug-likeness (QED) is 0.759. The minimum atomic E-state index is -0.445. The van der Waals surface area contributed by atoms with Gasteiger partial charge in [0.05, 0.1) is 16.9 Å². The molecule has 0 aliphatic carbocycles. The van der Waals surface area contributed by atoms with E-state index in [1.54, 1.807) is 12.1 Å². The topological polar surface area (TPSA) is 55.1 Å². The van der Waals surface area contributed by atoms with E-state index in [0.29, 0.717) is 15.7 Å². The van der Waals surface area contributed by atoms with Crippen molar-refractivity contribution in [1.82, 2.24) is 0 Å². The SMILES string of the molecule is Nc1cc(F)ccc1NC(=O)c1cc(Br)ccc1Br. The second kappa shape index (κ2) is 5.71. The third kappa shape index (κ3) is 3.33. The molecular formula is C13H9Br2FN2O. The molecule has 1 amide bonds. The number of halogens is 3. The number of benzene rings is 2. The lowest BCUT2D eigenvalue weighted by Gasteiger charge is -2.09. The number of nitrogens with two attached hydrogens (primary N) is 1. The van der Waals surface area contributed by atoms with Crippen LogP contribution >= 0.6 is 31.9 Å². The van der Waals surface area contributed by atoms with Crippen LogP contribution in [0.1, 0.15) is 10.4 Å². The first kappa shape index (κ1) is 14.0. The van der Waals surface area contributed by atoms with E-state index in [0.717, 1.165) is 10.5 Å². The van der Waals surface area contributed by atoms with Gasteiger partial charge >= 0.3 is 0 Å². The molecule has 0 saturated carbocycles. The largest absolute Gasteiger partial charge is 0.397 e. The van der Waals surface area contributed by atoms with Gasteiger partial charge in [0.15, 0.2) is 0 Å². The van der Waals surface area contributed by atoms with Gasteiger partial charge in [0, 0.05) is 8.95 Å². The maximum Gasteiger partial charge on any atom is 0.256 e. The van der Waals surface area contributed by atoms with Crippen molar-refractivity contribution in [3.05, 3.63) is 56.7 Å². The number of rotatable bonds is 2. The maximum absolute atomic E-state index is 12.9. The Kier molecular flexibility index (Phi) is 4.21. The summed E-state index contributed by atoms with van der Waals surface area (Å²) in [5.74, 6) is -0.773. The Morgan fingerprint density at radius 2 is 1.89 bits per heavy atom. The molecule has 2 aromatic carbocycles. The van der Waals surface area contributed by atoms with Crippen molar-refractivity contribution in [2.45, 2.75) is 0 Å². The third-order valence-electron chi connectivity index (χ3n) is 2.43. The van der Waals surface area contributed by atoms with E-state index >= 15 is 0 Å². The number of hydrogen-bond acceptors (Lipinski definition) is 2. The van der Waals surface area contributed by atoms with Gasteiger partial charge in [-0.3, -0.25) is 4.79 Å². The molecular weight excluding hydrogens is 379 g/mol. The van der Waals surface area contributed by atoms with E-state index < -0.39 is 5.82 Å². The second-order valence-corrected chi connectivity index (χ2v) is 5.58. The summed E-state index contributed by atoms with van der Waals surface area (Å²) >= 11 is 6.60. The van der Waals surface area contributed by atoms with Crippen LogP contribution in [0.15, 0.2) is 45.3 Å². The van der Waals surface area contributed by atoms with Gasteiger partial charge in [-0.1, -0.05) is 15.9 Å². The molecule has 98 valence electrons. The van der Waals surface area contributed by atoms with E-state index in [1.807, 2.05) is 6.07 Å². The molecule has 3 N–H and O–H groups in total. The first-order chi connectivity index (χ1) is 8.97. The summed E-state index contributed by atoms with van der Waals surface area (Å²) in [5.41, 5.74) is 6.65. The highest BCUT2D eigenvalue weighted by atomic mass is 79.9. The summed E-state index contributed by atoms with van der Waals surface area (Å²) in [7, 11) is 0. The molecule has 0 unspecified atom stereocenters. The maximum atomic E-state index is 12.9. The first-order valence-corrected chi connectivity index (χ1v) is 6.87. The van der Waals surface area contributed by atoms with Crippen LogP contribution in [0.3, 0.4) is 0 Å². The van der Waals surface area contributed by atoms with Crippen LogP contribution in [-0.2, 0) is 0 Å². The number of hydrogen-bond donors (Lipinski definition) is 2. The second-order valence-electron chi connectivity index (χ2n) is 3.81. The lowest BCUT2D eigenvalue weighted by atomic mass is 10.2. The first-order valence-electron chi connectivity index (χ1n) is 5.29. The zero-order valence-corrected chi connectivity index (χ0v) is 12.8. The lowest BCUT2D eigenvalue weighted by molar-refractivity contribution is 0.102. The number of nitrogen functional groups attached to an aromatic ring is 1. The molecule has 19 heavy (non-hydrogen) atoms. The highest BCUT2D eigenvalue weighted by molar-refractivity contribution is 9.11. The Hall–Kier alpha value is -1.40. The molecule has 0 spiro atoms. The number of anilines is 2. The van der Waals surface area contributed by atoms with Crippen molar-refractivity contribution >= 4 is 49.1 Å². The molecule has 0 fully saturated rings. The Balaban J connectivity index is 2.28. The highest BCUT2D eigenvalue weighted by Crippen LogP contribution is 2.24. The van der Waals surface area contributed by atoms with Gasteiger partial charge in [-0.2, -0.15) is 0 Å². The molecule has 6 heteroatoms. The van der Waals surface area contributed by atoms with Crippen molar-refractivity contribution in [3.63, 3.8) is 0 Å².